The van der Waals surface area contributed by atoms with E-state index in [-0.39, 0.29) is 21.1 Å². The van der Waals surface area contributed by atoms with Crippen LogP contribution in [0, 0.1) is 0 Å². The first-order valence-corrected chi connectivity index (χ1v) is 60.2. The normalized spacial score (nSPS) is 9.79. The fraction of sp³-hybridized carbons (Fsp3) is 0.941. The molecule has 0 bridgehead atoms. The molecule has 0 aliphatic heterocycles. The minimum atomic E-state index is 0. The second kappa shape index (κ2) is 176. The van der Waals surface area contributed by atoms with Gasteiger partial charge in [-0.25, -0.2) is 0 Å². The smallest absolute Gasteiger partial charge is 0.197 e. The van der Waals surface area contributed by atoms with Crippen molar-refractivity contribution in [1.82, 2.24) is 31.9 Å². The van der Waals surface area contributed by atoms with Crippen LogP contribution in [0.15, 0.2) is 0 Å². The van der Waals surface area contributed by atoms with Crippen molar-refractivity contribution >= 4 is 250 Å². The Balaban J connectivity index is -0.000000115. The van der Waals surface area contributed by atoms with Crippen molar-refractivity contribution in [2.75, 3.05) is 39.3 Å². The van der Waals surface area contributed by atoms with Crippen LogP contribution in [-0.4, -0.2) is 90.4 Å². The van der Waals surface area contributed by atoms with Gasteiger partial charge in [-0.3, -0.25) is 0 Å². The Morgan fingerprint density at radius 1 is 0.128 bits per heavy atom. The molecule has 0 heterocycles. The minimum Gasteiger partial charge on any atom is -0.412 e. The van der Waals surface area contributed by atoms with Gasteiger partial charge in [0.2, 0.25) is 0 Å². The van der Waals surface area contributed by atoms with Gasteiger partial charge in [-0.05, 0) is 38.5 Å². The first-order valence-electron chi connectivity index (χ1n) is 53.3. The number of thiocarbonyl (C=S) groups is 6. The summed E-state index contributed by atoms with van der Waals surface area (Å²) in [6.07, 6.45) is 118. The van der Waals surface area contributed by atoms with Crippen molar-refractivity contribution in [3.8, 4) is 0 Å². The Morgan fingerprint density at radius 2 is 0.180 bits per heavy atom. The Labute approximate surface area is 938 Å². The van der Waals surface area contributed by atoms with Gasteiger partial charge in [0.15, 0.2) is 75.2 Å². The molecule has 0 atom stereocenters. The standard InChI is InChI=1S/6C17H35NS2.Mo.6OS/c6*1-2-3-4-5-6-7-8-9-10-11-12-13-14-15-16-18-17(19)20;;6*1-2/h6*2-16H2,1H3,(H2,18,19,20);;;;;;;/p-6. The number of unbranched alkanes of at least 4 members (excludes halogenated alkanes) is 78. The summed E-state index contributed by atoms with van der Waals surface area (Å²) in [6.45, 7) is 19.4. The van der Waals surface area contributed by atoms with Crippen LogP contribution in [0.1, 0.15) is 581 Å². The van der Waals surface area contributed by atoms with Gasteiger partial charge in [-0.15, -0.1) is 0 Å². The van der Waals surface area contributed by atoms with Crippen molar-refractivity contribution in [1.29, 1.82) is 0 Å². The molecule has 0 aliphatic rings. The summed E-state index contributed by atoms with van der Waals surface area (Å²) in [6, 6.07) is 0. The van der Waals surface area contributed by atoms with Gasteiger partial charge in [-0.2, -0.15) is 25.3 Å². The molecule has 31 heteroatoms. The van der Waals surface area contributed by atoms with E-state index in [2.05, 4.69) is 149 Å². The van der Waals surface area contributed by atoms with Crippen molar-refractivity contribution < 1.29 is 46.3 Å². The first kappa shape index (κ1) is 162. The Bertz CT molecular complexity index is 1730. The third-order valence-corrected chi connectivity index (χ3v) is 24.5. The molecule has 0 unspecified atom stereocenters. The van der Waals surface area contributed by atoms with E-state index in [4.69, 9.17) is 174 Å². The van der Waals surface area contributed by atoms with Crippen LogP contribution in [0.5, 0.6) is 0 Å². The molecule has 12 nitrogen and oxygen atoms in total. The van der Waals surface area contributed by atoms with Crippen molar-refractivity contribution in [2.45, 2.75) is 581 Å². The molecule has 0 saturated heterocycles. The molecule has 0 aromatic carbocycles. The third-order valence-electron chi connectivity index (χ3n) is 22.8. The summed E-state index contributed by atoms with van der Waals surface area (Å²) < 4.78 is 50.1. The molecule has 0 aliphatic carbocycles. The zero-order chi connectivity index (χ0) is 101. The minimum absolute atomic E-state index is 0. The molecule has 0 radical (unpaired) electrons. The van der Waals surface area contributed by atoms with E-state index >= 15 is 0 Å². The molecule has 0 fully saturated rings. The summed E-state index contributed by atoms with van der Waals surface area (Å²) in [5.41, 5.74) is 0. The fourth-order valence-corrected chi connectivity index (χ4v) is 16.3. The maximum atomic E-state index is 7.83. The second-order valence-electron chi connectivity index (χ2n) is 34.9. The molecule has 0 amide bonds. The van der Waals surface area contributed by atoms with Crippen LogP contribution >= 0.6 is 73.3 Å². The average Bonchev–Trinajstić information content (AvgIpc) is 1.12. The van der Waals surface area contributed by atoms with Crippen molar-refractivity contribution in [3.63, 3.8) is 0 Å². The quantitative estimate of drug-likeness (QED) is 0.0147. The topological polar surface area (TPSA) is 175 Å². The van der Waals surface area contributed by atoms with E-state index in [1.165, 1.54) is 539 Å². The molecule has 0 spiro atoms. The van der Waals surface area contributed by atoms with Gasteiger partial charge in [-0.1, -0.05) is 568 Å². The monoisotopic (exact) mass is 2280 g/mol. The number of hydrogen-bond donors (Lipinski definition) is 6. The van der Waals surface area contributed by atoms with Crippen molar-refractivity contribution in [3.05, 3.63) is 0 Å². The Hall–Kier alpha value is 1.47. The number of nitrogens with one attached hydrogen (secondary N) is 6. The van der Waals surface area contributed by atoms with Gasteiger partial charge in [0.25, 0.3) is 0 Å². The molecular weight excluding hydrogens is 2080 g/mol. The predicted molar refractivity (Wildman–Crippen MR) is 639 cm³/mol. The number of rotatable bonds is 90. The van der Waals surface area contributed by atoms with Crippen LogP contribution in [0.2, 0.25) is 0 Å². The van der Waals surface area contributed by atoms with Gasteiger partial charge in [0.1, 0.15) is 0 Å². The van der Waals surface area contributed by atoms with Gasteiger partial charge in [0, 0.05) is 60.3 Å². The van der Waals surface area contributed by atoms with Gasteiger partial charge < -0.3 is 181 Å². The Kier molecular flexibility index (Phi) is 214. The van der Waals surface area contributed by atoms with Gasteiger partial charge in [0.05, 0.1) is 0 Å². The molecule has 0 saturated carbocycles. The SMILES string of the molecule is CCCCCCCCCCCCCCCCNC(=S)[S-].CCCCCCCCCCCCCCCCNC(=S)[S-].CCCCCCCCCCCCCCCCNC(=S)[S-].CCCCCCCCCCCCCCCCNC(=S)[S-].CCCCCCCCCCCCCCCCNC(=S)[S-].CCCCCCCCCCCCCCCCNC(=S)[S-].O=S.O=S.O=S.O=S.O=S.O=S.[Mo]. The molecular formula is C102H204MoN6O6S18-6. The molecule has 133 heavy (non-hydrogen) atoms. The third kappa shape index (κ3) is 215. The van der Waals surface area contributed by atoms with Crippen LogP contribution in [0.4, 0.5) is 0 Å². The summed E-state index contributed by atoms with van der Waals surface area (Å²) in [5.74, 6) is 0. The van der Waals surface area contributed by atoms with Crippen LogP contribution in [0.25, 0.3) is 0 Å². The largest absolute Gasteiger partial charge is 0.412 e. The molecule has 0 aromatic rings. The molecule has 0 rings (SSSR count). The van der Waals surface area contributed by atoms with Crippen LogP contribution in [0.3, 0.4) is 0 Å². The van der Waals surface area contributed by atoms with Crippen LogP contribution in [-0.2, 0) is 172 Å². The summed E-state index contributed by atoms with van der Waals surface area (Å²) in [5, 5.41) is 18.2. The summed E-state index contributed by atoms with van der Waals surface area (Å²) in [4.78, 5) is 0. The van der Waals surface area contributed by atoms with E-state index in [0.717, 1.165) is 39.3 Å². The van der Waals surface area contributed by atoms with Gasteiger partial charge >= 0.3 is 0 Å². The molecule has 6 N–H and O–H groups in total. The molecule has 798 valence electrons. The summed E-state index contributed by atoms with van der Waals surface area (Å²) in [7, 11) is 0. The van der Waals surface area contributed by atoms with E-state index in [9.17, 15) is 0 Å². The number of hydrogen-bond acceptors (Lipinski definition) is 24. The first-order chi connectivity index (χ1) is 64.6. The van der Waals surface area contributed by atoms with E-state index in [1.807, 2.05) is 0 Å². The average molecular weight is 2280 g/mol. The van der Waals surface area contributed by atoms with Crippen molar-refractivity contribution in [2.24, 2.45) is 0 Å². The maximum Gasteiger partial charge on any atom is 0.197 e. The zero-order valence-corrected chi connectivity index (χ0v) is 103. The second-order valence-corrected chi connectivity index (χ2v) is 41.3. The summed E-state index contributed by atoms with van der Waals surface area (Å²) >= 11 is 74.6. The van der Waals surface area contributed by atoms with Crippen LogP contribution < -0.4 is 31.9 Å². The maximum absolute atomic E-state index is 7.83. The van der Waals surface area contributed by atoms with E-state index in [0.29, 0.717) is 25.9 Å². The fourth-order valence-electron chi connectivity index (χ4n) is 15.1. The predicted octanol–water partition coefficient (Wildman–Crippen LogP) is 33.3. The molecule has 0 aromatic heterocycles. The zero-order valence-electron chi connectivity index (χ0n) is 85.8. The van der Waals surface area contributed by atoms with E-state index < -0.39 is 0 Å². The van der Waals surface area contributed by atoms with E-state index in [1.54, 1.807) is 0 Å². The Morgan fingerprint density at radius 3 is 0.233 bits per heavy atom.